The van der Waals surface area contributed by atoms with Crippen molar-refractivity contribution < 1.29 is 14.3 Å². The van der Waals surface area contributed by atoms with Crippen molar-refractivity contribution in [2.24, 2.45) is 5.92 Å². The maximum Gasteiger partial charge on any atom is 0.410 e. The van der Waals surface area contributed by atoms with E-state index in [0.717, 1.165) is 12.0 Å². The molecule has 1 fully saturated rings. The quantitative estimate of drug-likeness (QED) is 0.139. The third-order valence-corrected chi connectivity index (χ3v) is 11.0. The molecule has 6 nitrogen and oxygen atoms in total. The van der Waals surface area contributed by atoms with Gasteiger partial charge in [0.25, 0.3) is 0 Å². The summed E-state index contributed by atoms with van der Waals surface area (Å²) in [5, 5.41) is 6.81. The first kappa shape index (κ1) is 36.2. The van der Waals surface area contributed by atoms with Gasteiger partial charge in [-0.3, -0.25) is 4.79 Å². The molecular weight excluding hydrogens is 627 g/mol. The van der Waals surface area contributed by atoms with Gasteiger partial charge in [-0.1, -0.05) is 142 Å². The molecule has 0 bridgehead atoms. The number of carbonyl (C=O) groups excluding carboxylic acids is 2. The first-order valence-corrected chi connectivity index (χ1v) is 18.4. The summed E-state index contributed by atoms with van der Waals surface area (Å²) in [6.07, 6.45) is 1.23. The lowest BCUT2D eigenvalue weighted by molar-refractivity contribution is -0.124. The summed E-state index contributed by atoms with van der Waals surface area (Å²) in [5.41, 5.74) is 4.03. The lowest BCUT2D eigenvalue weighted by atomic mass is 9.84. The molecule has 0 spiro atoms. The first-order chi connectivity index (χ1) is 23.6. The number of rotatable bonds is 13. The third kappa shape index (κ3) is 9.14. The number of thioether (sulfide) groups is 1. The summed E-state index contributed by atoms with van der Waals surface area (Å²) in [6, 6.07) is 41.5. The van der Waals surface area contributed by atoms with Crippen LogP contribution in [0.1, 0.15) is 69.7 Å². The van der Waals surface area contributed by atoms with Crippen LogP contribution in [0.4, 0.5) is 4.79 Å². The smallest absolute Gasteiger partial charge is 0.410 e. The highest BCUT2D eigenvalue weighted by Crippen LogP contribution is 2.52. The van der Waals surface area contributed by atoms with E-state index in [1.54, 1.807) is 0 Å². The first-order valence-electron chi connectivity index (χ1n) is 17.5. The van der Waals surface area contributed by atoms with Crippen molar-refractivity contribution in [1.82, 2.24) is 15.5 Å². The van der Waals surface area contributed by atoms with Crippen LogP contribution in [0, 0.1) is 5.92 Å². The van der Waals surface area contributed by atoms with Gasteiger partial charge in [-0.25, -0.2) is 4.79 Å². The van der Waals surface area contributed by atoms with E-state index >= 15 is 0 Å². The highest BCUT2D eigenvalue weighted by molar-refractivity contribution is 8.01. The van der Waals surface area contributed by atoms with Gasteiger partial charge in [0.05, 0.1) is 16.8 Å². The average molecular weight is 678 g/mol. The molecule has 0 aliphatic carbocycles. The van der Waals surface area contributed by atoms with Crippen LogP contribution in [0.2, 0.25) is 0 Å². The van der Waals surface area contributed by atoms with Gasteiger partial charge in [0, 0.05) is 24.9 Å². The Morgan fingerprint density at radius 2 is 1.31 bits per heavy atom. The molecule has 1 saturated heterocycles. The maximum absolute atomic E-state index is 13.8. The minimum absolute atomic E-state index is 0.0438. The molecule has 49 heavy (non-hydrogen) atoms. The van der Waals surface area contributed by atoms with Crippen LogP contribution in [0.3, 0.4) is 0 Å². The fourth-order valence-electron chi connectivity index (χ4n) is 6.61. The van der Waals surface area contributed by atoms with Crippen molar-refractivity contribution in [2.75, 3.05) is 13.1 Å². The molecule has 0 aromatic heterocycles. The van der Waals surface area contributed by atoms with Crippen molar-refractivity contribution in [2.45, 2.75) is 81.7 Å². The topological polar surface area (TPSA) is 70.7 Å². The number of amides is 2. The molecule has 4 aromatic carbocycles. The van der Waals surface area contributed by atoms with Gasteiger partial charge in [0.2, 0.25) is 5.91 Å². The van der Waals surface area contributed by atoms with Crippen LogP contribution in [-0.2, 0) is 20.8 Å². The normalized spacial score (nSPS) is 17.7. The summed E-state index contributed by atoms with van der Waals surface area (Å²) in [5.74, 6) is 0.0958. The number of ether oxygens (including phenoxy) is 1. The molecule has 7 heteroatoms. The Labute approximate surface area is 297 Å². The van der Waals surface area contributed by atoms with Crippen molar-refractivity contribution >= 4 is 23.8 Å². The lowest BCUT2D eigenvalue weighted by Gasteiger charge is -2.37. The van der Waals surface area contributed by atoms with E-state index in [2.05, 4.69) is 128 Å². The van der Waals surface area contributed by atoms with Gasteiger partial charge < -0.3 is 20.3 Å². The van der Waals surface area contributed by atoms with E-state index in [4.69, 9.17) is 4.74 Å². The summed E-state index contributed by atoms with van der Waals surface area (Å²) >= 11 is 1.88. The zero-order valence-electron chi connectivity index (χ0n) is 29.5. The van der Waals surface area contributed by atoms with E-state index in [0.29, 0.717) is 26.1 Å². The molecule has 5 rings (SSSR count). The second-order valence-electron chi connectivity index (χ2n) is 14.0. The van der Waals surface area contributed by atoms with Gasteiger partial charge in [-0.05, 0) is 55.4 Å². The molecule has 0 radical (unpaired) electrons. The number of likely N-dealkylation sites (tertiary alicyclic amines) is 1. The van der Waals surface area contributed by atoms with Crippen LogP contribution >= 0.6 is 11.8 Å². The number of nitrogens with one attached hydrogen (secondary N) is 2. The van der Waals surface area contributed by atoms with Gasteiger partial charge in [0.1, 0.15) is 5.60 Å². The van der Waals surface area contributed by atoms with Gasteiger partial charge in [-0.2, -0.15) is 0 Å². The van der Waals surface area contributed by atoms with Crippen molar-refractivity contribution in [3.8, 4) is 0 Å². The molecule has 1 heterocycles. The van der Waals surface area contributed by atoms with Crippen LogP contribution in [-0.4, -0.2) is 52.9 Å². The second kappa shape index (κ2) is 16.6. The number of hydrogen-bond donors (Lipinski definition) is 2. The summed E-state index contributed by atoms with van der Waals surface area (Å²) in [6.45, 7) is 11.4. The van der Waals surface area contributed by atoms with Crippen molar-refractivity contribution in [1.29, 1.82) is 0 Å². The summed E-state index contributed by atoms with van der Waals surface area (Å²) in [4.78, 5) is 29.4. The zero-order chi connectivity index (χ0) is 34.9. The highest BCUT2D eigenvalue weighted by Gasteiger charge is 2.45. The summed E-state index contributed by atoms with van der Waals surface area (Å²) < 4.78 is 5.42. The Kier molecular flexibility index (Phi) is 12.2. The number of benzene rings is 4. The Bertz CT molecular complexity index is 1520. The molecule has 2 amide bonds. The molecule has 2 N–H and O–H groups in total. The fraction of sp³-hybridized carbons (Fsp3) is 0.381. The van der Waals surface area contributed by atoms with E-state index in [-0.39, 0.29) is 35.3 Å². The molecule has 258 valence electrons. The van der Waals surface area contributed by atoms with E-state index in [1.165, 1.54) is 16.7 Å². The van der Waals surface area contributed by atoms with Crippen molar-refractivity contribution in [3.63, 3.8) is 0 Å². The molecular formula is C42H51N3O3S. The largest absolute Gasteiger partial charge is 0.444 e. The highest BCUT2D eigenvalue weighted by atomic mass is 32.2. The Hall–Kier alpha value is -4.07. The number of nitrogens with zero attached hydrogens (tertiary/aromatic N) is 1. The Morgan fingerprint density at radius 1 is 0.816 bits per heavy atom. The van der Waals surface area contributed by atoms with Gasteiger partial charge >= 0.3 is 6.09 Å². The molecule has 0 saturated carbocycles. The van der Waals surface area contributed by atoms with Crippen molar-refractivity contribution in [3.05, 3.63) is 144 Å². The average Bonchev–Trinajstić information content (AvgIpc) is 3.53. The number of carbonyl (C=O) groups is 2. The molecule has 1 aliphatic heterocycles. The minimum atomic E-state index is -0.638. The maximum atomic E-state index is 13.8. The van der Waals surface area contributed by atoms with E-state index in [9.17, 15) is 9.59 Å². The fourth-order valence-corrected chi connectivity index (χ4v) is 8.48. The molecule has 4 atom stereocenters. The molecule has 4 aromatic rings. The molecule has 2 unspecified atom stereocenters. The van der Waals surface area contributed by atoms with E-state index < -0.39 is 10.3 Å². The Balaban J connectivity index is 1.42. The van der Waals surface area contributed by atoms with Gasteiger partial charge in [0.15, 0.2) is 0 Å². The minimum Gasteiger partial charge on any atom is -0.444 e. The summed E-state index contributed by atoms with van der Waals surface area (Å²) in [7, 11) is 0. The predicted molar refractivity (Wildman–Crippen MR) is 201 cm³/mol. The van der Waals surface area contributed by atoms with Gasteiger partial charge in [-0.15, -0.1) is 11.8 Å². The van der Waals surface area contributed by atoms with Crippen LogP contribution in [0.5, 0.6) is 0 Å². The standard InChI is InChI=1S/C42H51N3O3S/c1-6-31(2)38(43-28-32-19-11-7-12-20-32)39(46)44-29-36-27-37(30-45(36)40(47)48-41(3,4)5)49-42(33-21-13-8-14-22-33,34-23-15-9-16-24-34)35-25-17-10-18-26-35/h7-26,31,36-38,43H,6,27-30H2,1-5H3,(H,44,46)/t31-,36?,37?,38-/m0/s1. The Morgan fingerprint density at radius 3 is 1.78 bits per heavy atom. The van der Waals surface area contributed by atoms with Crippen LogP contribution in [0.25, 0.3) is 0 Å². The predicted octanol–water partition coefficient (Wildman–Crippen LogP) is 8.41. The SMILES string of the molecule is CC[C@H](C)[C@H](NCc1ccccc1)C(=O)NCC1CC(SC(c2ccccc2)(c2ccccc2)c2ccccc2)CN1C(=O)OC(C)(C)C. The van der Waals surface area contributed by atoms with E-state index in [1.807, 2.05) is 55.6 Å². The van der Waals surface area contributed by atoms with Crippen LogP contribution < -0.4 is 10.6 Å². The van der Waals surface area contributed by atoms with Crippen LogP contribution in [0.15, 0.2) is 121 Å². The number of hydrogen-bond acceptors (Lipinski definition) is 5. The molecule has 1 aliphatic rings. The lowest BCUT2D eigenvalue weighted by Crippen LogP contribution is -2.51. The second-order valence-corrected chi connectivity index (χ2v) is 15.5. The third-order valence-electron chi connectivity index (χ3n) is 9.26. The monoisotopic (exact) mass is 677 g/mol. The zero-order valence-corrected chi connectivity index (χ0v) is 30.3.